The smallest absolute Gasteiger partial charge is 0.410 e. The normalized spacial score (nSPS) is 17.5. The van der Waals surface area contributed by atoms with Gasteiger partial charge in [-0.15, -0.1) is 11.3 Å². The Balaban J connectivity index is 1.61. The molecule has 3 N–H and O–H groups in total. The molecule has 2 aliphatic rings. The first-order chi connectivity index (χ1) is 14.4. The van der Waals surface area contributed by atoms with E-state index in [4.69, 9.17) is 21.1 Å². The van der Waals surface area contributed by atoms with Gasteiger partial charge >= 0.3 is 6.09 Å². The summed E-state index contributed by atoms with van der Waals surface area (Å²) in [6, 6.07) is 3.25. The molecule has 0 fully saturated rings. The first-order valence-corrected chi connectivity index (χ1v) is 10.9. The number of anilines is 1. The Kier molecular flexibility index (Phi) is 5.66. The maximum Gasteiger partial charge on any atom is 0.410 e. The Labute approximate surface area is 182 Å². The molecule has 160 valence electrons. The van der Waals surface area contributed by atoms with E-state index in [1.807, 2.05) is 6.92 Å². The highest BCUT2D eigenvalue weighted by Gasteiger charge is 2.35. The largest absolute Gasteiger partial charge is 0.503 e. The number of nitrogens with one attached hydrogen (secondary N) is 2. The number of fused-ring (bicyclic) bond motifs is 3. The lowest BCUT2D eigenvalue weighted by atomic mass is 10.0. The van der Waals surface area contributed by atoms with Crippen LogP contribution in [0.25, 0.3) is 0 Å². The van der Waals surface area contributed by atoms with E-state index in [0.29, 0.717) is 43.9 Å². The second-order valence-corrected chi connectivity index (χ2v) is 8.42. The number of carbonyl (C=O) groups is 2. The molecule has 1 aromatic heterocycles. The molecule has 3 heterocycles. The monoisotopic (exact) mass is 451 g/mol. The number of phenols is 1. The van der Waals surface area contributed by atoms with Gasteiger partial charge in [0.05, 0.1) is 30.3 Å². The minimum absolute atomic E-state index is 0.129. The molecule has 8 nitrogen and oxygen atoms in total. The molecular weight excluding hydrogens is 430 g/mol. The number of nitrogens with zero attached hydrogens (tertiary/aromatic N) is 1. The average Bonchev–Trinajstić information content (AvgIpc) is 3.09. The Morgan fingerprint density at radius 2 is 2.13 bits per heavy atom. The number of halogens is 1. The van der Waals surface area contributed by atoms with Crippen LogP contribution in [-0.4, -0.2) is 41.8 Å². The number of hydrogen-bond donors (Lipinski definition) is 3. The summed E-state index contributed by atoms with van der Waals surface area (Å²) < 4.78 is 10.5. The summed E-state index contributed by atoms with van der Waals surface area (Å²) >= 11 is 7.61. The number of aromatic hydroxyl groups is 1. The number of thiophene rings is 1. The molecule has 0 spiro atoms. The van der Waals surface area contributed by atoms with Crippen molar-refractivity contribution in [3.8, 4) is 11.5 Å². The highest BCUT2D eigenvalue weighted by Crippen LogP contribution is 2.42. The standard InChI is InChI=1S/C20H22ClN3O5S/c1-3-28-13-8-10(7-12(21)16(13)25)17-22-18(26)15-11-5-6-24(20(27)29-4-2)9-14(11)30-19(15)23-17/h7-8,17,23,25H,3-6,9H2,1-2H3,(H,22,26). The van der Waals surface area contributed by atoms with E-state index >= 15 is 0 Å². The fourth-order valence-electron chi connectivity index (χ4n) is 3.68. The summed E-state index contributed by atoms with van der Waals surface area (Å²) in [5, 5.41) is 17.3. The van der Waals surface area contributed by atoms with Crippen molar-refractivity contribution in [2.45, 2.75) is 33.0 Å². The van der Waals surface area contributed by atoms with Crippen LogP contribution in [-0.2, 0) is 17.7 Å². The van der Waals surface area contributed by atoms with Crippen LogP contribution in [0.3, 0.4) is 0 Å². The van der Waals surface area contributed by atoms with Gasteiger partial charge in [-0.25, -0.2) is 4.79 Å². The van der Waals surface area contributed by atoms with Gasteiger partial charge in [0.25, 0.3) is 5.91 Å². The topological polar surface area (TPSA) is 100 Å². The van der Waals surface area contributed by atoms with Crippen LogP contribution in [0.1, 0.15) is 46.4 Å². The van der Waals surface area contributed by atoms with E-state index in [1.54, 1.807) is 24.0 Å². The van der Waals surface area contributed by atoms with E-state index < -0.39 is 6.17 Å². The maximum absolute atomic E-state index is 12.9. The van der Waals surface area contributed by atoms with E-state index in [1.165, 1.54) is 11.3 Å². The molecule has 0 aliphatic carbocycles. The fraction of sp³-hybridized carbons (Fsp3) is 0.400. The van der Waals surface area contributed by atoms with Crippen molar-refractivity contribution in [1.29, 1.82) is 0 Å². The number of amides is 2. The molecule has 0 saturated carbocycles. The van der Waals surface area contributed by atoms with E-state index in [0.717, 1.165) is 15.4 Å². The van der Waals surface area contributed by atoms with Crippen LogP contribution in [0, 0.1) is 0 Å². The molecule has 30 heavy (non-hydrogen) atoms. The fourth-order valence-corrected chi connectivity index (χ4v) is 5.19. The van der Waals surface area contributed by atoms with Gasteiger partial charge in [-0.2, -0.15) is 0 Å². The average molecular weight is 452 g/mol. The van der Waals surface area contributed by atoms with Crippen molar-refractivity contribution in [2.24, 2.45) is 0 Å². The van der Waals surface area contributed by atoms with Crippen molar-refractivity contribution < 1.29 is 24.2 Å². The van der Waals surface area contributed by atoms with Crippen molar-refractivity contribution in [3.63, 3.8) is 0 Å². The molecule has 1 atom stereocenters. The van der Waals surface area contributed by atoms with Crippen LogP contribution in [0.4, 0.5) is 9.80 Å². The highest BCUT2D eigenvalue weighted by atomic mass is 35.5. The third kappa shape index (κ3) is 3.63. The van der Waals surface area contributed by atoms with Crippen molar-refractivity contribution in [2.75, 3.05) is 25.1 Å². The summed E-state index contributed by atoms with van der Waals surface area (Å²) in [6.07, 6.45) is -0.269. The maximum atomic E-state index is 12.9. The summed E-state index contributed by atoms with van der Waals surface area (Å²) in [5.74, 6) is -0.0499. The Hall–Kier alpha value is -2.65. The molecule has 10 heteroatoms. The molecular formula is C20H22ClN3O5S. The summed E-state index contributed by atoms with van der Waals surface area (Å²) in [6.45, 7) is 5.22. The van der Waals surface area contributed by atoms with E-state index in [-0.39, 0.29) is 28.5 Å². The number of hydrogen-bond acceptors (Lipinski definition) is 7. The lowest BCUT2D eigenvalue weighted by molar-refractivity contribution is 0.0934. The third-order valence-electron chi connectivity index (χ3n) is 5.04. The molecule has 2 aromatic rings. The lowest BCUT2D eigenvalue weighted by Gasteiger charge is -2.28. The predicted octanol–water partition coefficient (Wildman–Crippen LogP) is 3.87. The predicted molar refractivity (Wildman–Crippen MR) is 114 cm³/mol. The lowest BCUT2D eigenvalue weighted by Crippen LogP contribution is -2.39. The second-order valence-electron chi connectivity index (χ2n) is 6.91. The summed E-state index contributed by atoms with van der Waals surface area (Å²) in [5.41, 5.74) is 2.27. The van der Waals surface area contributed by atoms with Crippen LogP contribution >= 0.6 is 22.9 Å². The van der Waals surface area contributed by atoms with Gasteiger partial charge in [-0.05, 0) is 43.5 Å². The van der Waals surface area contributed by atoms with Crippen LogP contribution in [0.15, 0.2) is 12.1 Å². The van der Waals surface area contributed by atoms with Crippen LogP contribution in [0.5, 0.6) is 11.5 Å². The van der Waals surface area contributed by atoms with E-state index in [9.17, 15) is 14.7 Å². The van der Waals surface area contributed by atoms with Crippen molar-refractivity contribution in [3.05, 3.63) is 38.7 Å². The first kappa shape index (κ1) is 20.6. The Morgan fingerprint density at radius 1 is 1.33 bits per heavy atom. The molecule has 2 aliphatic heterocycles. The van der Waals surface area contributed by atoms with E-state index in [2.05, 4.69) is 10.6 Å². The molecule has 2 amide bonds. The number of carbonyl (C=O) groups excluding carboxylic acids is 2. The number of benzene rings is 1. The van der Waals surface area contributed by atoms with Crippen LogP contribution < -0.4 is 15.4 Å². The van der Waals surface area contributed by atoms with Gasteiger partial charge in [0, 0.05) is 11.4 Å². The van der Waals surface area contributed by atoms with Crippen LogP contribution in [0.2, 0.25) is 5.02 Å². The summed E-state index contributed by atoms with van der Waals surface area (Å²) in [7, 11) is 0. The second kappa shape index (κ2) is 8.23. The quantitative estimate of drug-likeness (QED) is 0.652. The molecule has 0 radical (unpaired) electrons. The molecule has 1 aromatic carbocycles. The molecule has 1 unspecified atom stereocenters. The molecule has 0 saturated heterocycles. The first-order valence-electron chi connectivity index (χ1n) is 9.71. The van der Waals surface area contributed by atoms with Gasteiger partial charge in [-0.1, -0.05) is 11.6 Å². The molecule has 0 bridgehead atoms. The van der Waals surface area contributed by atoms with Gasteiger partial charge < -0.3 is 30.1 Å². The summed E-state index contributed by atoms with van der Waals surface area (Å²) in [4.78, 5) is 27.6. The van der Waals surface area contributed by atoms with Crippen molar-refractivity contribution >= 4 is 39.9 Å². The number of ether oxygens (including phenoxy) is 2. The van der Waals surface area contributed by atoms with Gasteiger partial charge in [-0.3, -0.25) is 4.79 Å². The van der Waals surface area contributed by atoms with Gasteiger partial charge in [0.2, 0.25) is 0 Å². The highest BCUT2D eigenvalue weighted by molar-refractivity contribution is 7.16. The zero-order valence-electron chi connectivity index (χ0n) is 16.6. The minimum atomic E-state index is -0.524. The number of rotatable bonds is 4. The Bertz CT molecular complexity index is 1010. The van der Waals surface area contributed by atoms with Gasteiger partial charge in [0.15, 0.2) is 11.5 Å². The SMILES string of the molecule is CCOC(=O)N1CCc2c(sc3c2C(=O)NC(c2cc(Cl)c(O)c(OCC)c2)N3)C1. The van der Waals surface area contributed by atoms with Gasteiger partial charge in [0.1, 0.15) is 11.2 Å². The minimum Gasteiger partial charge on any atom is -0.503 e. The zero-order valence-corrected chi connectivity index (χ0v) is 18.2. The van der Waals surface area contributed by atoms with Crippen molar-refractivity contribution in [1.82, 2.24) is 10.2 Å². The third-order valence-corrected chi connectivity index (χ3v) is 6.48. The number of phenolic OH excluding ortho intramolecular Hbond substituents is 1. The Morgan fingerprint density at radius 3 is 2.87 bits per heavy atom. The zero-order chi connectivity index (χ0) is 21.4. The molecule has 4 rings (SSSR count).